The molecule has 0 unspecified atom stereocenters. The quantitative estimate of drug-likeness (QED) is 0.661. The monoisotopic (exact) mass is 351 g/mol. The van der Waals surface area contributed by atoms with Crippen LogP contribution in [-0.4, -0.2) is 28.0 Å². The number of amides is 1. The first-order valence-corrected chi connectivity index (χ1v) is 9.25. The molecule has 0 aliphatic carbocycles. The molecule has 0 saturated carbocycles. The molecular formula is C20H21N3OS. The Balaban J connectivity index is 1.42. The highest BCUT2D eigenvalue weighted by atomic mass is 32.2. The van der Waals surface area contributed by atoms with E-state index in [1.165, 1.54) is 11.1 Å². The van der Waals surface area contributed by atoms with Crippen molar-refractivity contribution in [1.82, 2.24) is 15.1 Å². The first-order chi connectivity index (χ1) is 12.2. The van der Waals surface area contributed by atoms with Crippen LogP contribution in [0, 0.1) is 6.92 Å². The molecule has 3 aromatic rings. The molecule has 0 aliphatic heterocycles. The van der Waals surface area contributed by atoms with Gasteiger partial charge in [0.2, 0.25) is 5.91 Å². The molecule has 3 rings (SSSR count). The van der Waals surface area contributed by atoms with Crippen molar-refractivity contribution in [3.8, 4) is 5.69 Å². The standard InChI is InChI=1S/C20H21N3OS/c1-16-5-2-3-6-19(16)25-15-20(24)21-13-11-17-7-9-18(10-8-17)23-14-4-12-22-23/h2-10,12,14H,11,13,15H2,1H3,(H,21,24). The molecule has 128 valence electrons. The van der Waals surface area contributed by atoms with E-state index < -0.39 is 0 Å². The van der Waals surface area contributed by atoms with E-state index in [1.807, 2.05) is 41.2 Å². The van der Waals surface area contributed by atoms with E-state index in [-0.39, 0.29) is 5.91 Å². The van der Waals surface area contributed by atoms with Gasteiger partial charge in [-0.3, -0.25) is 4.79 Å². The average Bonchev–Trinajstić information content (AvgIpc) is 3.16. The van der Waals surface area contributed by atoms with Gasteiger partial charge in [-0.25, -0.2) is 4.68 Å². The van der Waals surface area contributed by atoms with Gasteiger partial charge < -0.3 is 5.32 Å². The smallest absolute Gasteiger partial charge is 0.230 e. The number of benzene rings is 2. The normalized spacial score (nSPS) is 10.6. The van der Waals surface area contributed by atoms with Crippen molar-refractivity contribution < 1.29 is 4.79 Å². The van der Waals surface area contributed by atoms with E-state index in [0.29, 0.717) is 12.3 Å². The topological polar surface area (TPSA) is 46.9 Å². The zero-order valence-corrected chi connectivity index (χ0v) is 15.0. The van der Waals surface area contributed by atoms with Crippen LogP contribution in [0.1, 0.15) is 11.1 Å². The van der Waals surface area contributed by atoms with Gasteiger partial charge in [0.05, 0.1) is 11.4 Å². The Labute approximate surface area is 152 Å². The largest absolute Gasteiger partial charge is 0.355 e. The Kier molecular flexibility index (Phi) is 5.90. The zero-order chi connectivity index (χ0) is 17.5. The van der Waals surface area contributed by atoms with Gasteiger partial charge in [-0.2, -0.15) is 5.10 Å². The van der Waals surface area contributed by atoms with Crippen LogP contribution in [-0.2, 0) is 11.2 Å². The summed E-state index contributed by atoms with van der Waals surface area (Å²) in [5.74, 6) is 0.518. The number of aromatic nitrogens is 2. The summed E-state index contributed by atoms with van der Waals surface area (Å²) >= 11 is 1.58. The number of carbonyl (C=O) groups excluding carboxylic acids is 1. The first-order valence-electron chi connectivity index (χ1n) is 8.26. The Hall–Kier alpha value is -2.53. The lowest BCUT2D eigenvalue weighted by molar-refractivity contribution is -0.118. The minimum Gasteiger partial charge on any atom is -0.355 e. The van der Waals surface area contributed by atoms with Crippen LogP contribution in [0.15, 0.2) is 71.9 Å². The summed E-state index contributed by atoms with van der Waals surface area (Å²) in [6.07, 6.45) is 4.50. The molecule has 0 spiro atoms. The predicted molar refractivity (Wildman–Crippen MR) is 102 cm³/mol. The fourth-order valence-electron chi connectivity index (χ4n) is 2.50. The van der Waals surface area contributed by atoms with E-state index in [0.717, 1.165) is 17.0 Å². The molecule has 5 heteroatoms. The summed E-state index contributed by atoms with van der Waals surface area (Å²) in [4.78, 5) is 13.1. The molecule has 1 heterocycles. The first kappa shape index (κ1) is 17.3. The molecule has 1 amide bonds. The second-order valence-electron chi connectivity index (χ2n) is 5.77. The number of hydrogen-bond acceptors (Lipinski definition) is 3. The molecule has 0 radical (unpaired) electrons. The third-order valence-electron chi connectivity index (χ3n) is 3.89. The highest BCUT2D eigenvalue weighted by Gasteiger charge is 2.04. The number of hydrogen-bond donors (Lipinski definition) is 1. The third kappa shape index (κ3) is 4.97. The van der Waals surface area contributed by atoms with Gasteiger partial charge in [-0.15, -0.1) is 11.8 Å². The number of nitrogens with one attached hydrogen (secondary N) is 1. The van der Waals surface area contributed by atoms with Crippen molar-refractivity contribution in [2.45, 2.75) is 18.2 Å². The molecule has 4 nitrogen and oxygen atoms in total. The summed E-state index contributed by atoms with van der Waals surface area (Å²) in [7, 11) is 0. The fourth-order valence-corrected chi connectivity index (χ4v) is 3.36. The summed E-state index contributed by atoms with van der Waals surface area (Å²) in [6, 6.07) is 18.3. The Morgan fingerprint density at radius 1 is 1.12 bits per heavy atom. The number of rotatable bonds is 7. The van der Waals surface area contributed by atoms with Crippen LogP contribution < -0.4 is 5.32 Å². The predicted octanol–water partition coefficient (Wildman–Crippen LogP) is 3.63. The molecule has 0 bridgehead atoms. The Bertz CT molecular complexity index is 813. The van der Waals surface area contributed by atoms with E-state index in [4.69, 9.17) is 0 Å². The highest BCUT2D eigenvalue weighted by Crippen LogP contribution is 2.21. The number of nitrogens with zero attached hydrogens (tertiary/aromatic N) is 2. The zero-order valence-electron chi connectivity index (χ0n) is 14.2. The number of carbonyl (C=O) groups is 1. The van der Waals surface area contributed by atoms with Gasteiger partial charge in [0.25, 0.3) is 0 Å². The molecule has 0 saturated heterocycles. The minimum absolute atomic E-state index is 0.0708. The van der Waals surface area contributed by atoms with Gasteiger partial charge in [0.15, 0.2) is 0 Å². The van der Waals surface area contributed by atoms with Crippen molar-refractivity contribution in [1.29, 1.82) is 0 Å². The molecule has 0 aliphatic rings. The average molecular weight is 351 g/mol. The fraction of sp³-hybridized carbons (Fsp3) is 0.200. The lowest BCUT2D eigenvalue weighted by atomic mass is 10.1. The van der Waals surface area contributed by atoms with E-state index >= 15 is 0 Å². The van der Waals surface area contributed by atoms with Crippen LogP contribution >= 0.6 is 11.8 Å². The van der Waals surface area contributed by atoms with Crippen molar-refractivity contribution in [2.75, 3.05) is 12.3 Å². The summed E-state index contributed by atoms with van der Waals surface area (Å²) in [5.41, 5.74) is 3.44. The van der Waals surface area contributed by atoms with Crippen LogP contribution in [0.3, 0.4) is 0 Å². The molecule has 1 aromatic heterocycles. The van der Waals surface area contributed by atoms with Gasteiger partial charge >= 0.3 is 0 Å². The number of thioether (sulfide) groups is 1. The maximum Gasteiger partial charge on any atom is 0.230 e. The highest BCUT2D eigenvalue weighted by molar-refractivity contribution is 8.00. The van der Waals surface area contributed by atoms with E-state index in [1.54, 1.807) is 18.0 Å². The van der Waals surface area contributed by atoms with Crippen molar-refractivity contribution in [3.05, 3.63) is 78.1 Å². The number of aryl methyl sites for hydroxylation is 1. The van der Waals surface area contributed by atoms with E-state index in [9.17, 15) is 4.79 Å². The molecule has 0 fully saturated rings. The van der Waals surface area contributed by atoms with Crippen molar-refractivity contribution in [3.63, 3.8) is 0 Å². The lowest BCUT2D eigenvalue weighted by Crippen LogP contribution is -2.27. The second-order valence-corrected chi connectivity index (χ2v) is 6.79. The van der Waals surface area contributed by atoms with Crippen molar-refractivity contribution in [2.24, 2.45) is 0 Å². The van der Waals surface area contributed by atoms with Gasteiger partial charge in [0, 0.05) is 23.8 Å². The van der Waals surface area contributed by atoms with Gasteiger partial charge in [-0.1, -0.05) is 30.3 Å². The van der Waals surface area contributed by atoms with Gasteiger partial charge in [0.1, 0.15) is 0 Å². The third-order valence-corrected chi connectivity index (χ3v) is 5.07. The summed E-state index contributed by atoms with van der Waals surface area (Å²) in [6.45, 7) is 2.71. The van der Waals surface area contributed by atoms with E-state index in [2.05, 4.69) is 41.6 Å². The van der Waals surface area contributed by atoms with Crippen LogP contribution in [0.25, 0.3) is 5.69 Å². The summed E-state index contributed by atoms with van der Waals surface area (Å²) < 4.78 is 1.83. The summed E-state index contributed by atoms with van der Waals surface area (Å²) in [5, 5.41) is 7.20. The Morgan fingerprint density at radius 3 is 2.64 bits per heavy atom. The molecule has 25 heavy (non-hydrogen) atoms. The minimum atomic E-state index is 0.0708. The van der Waals surface area contributed by atoms with Crippen LogP contribution in [0.2, 0.25) is 0 Å². The Morgan fingerprint density at radius 2 is 1.92 bits per heavy atom. The molecular weight excluding hydrogens is 330 g/mol. The lowest BCUT2D eigenvalue weighted by Gasteiger charge is -2.08. The maximum absolute atomic E-state index is 12.0. The molecule has 0 atom stereocenters. The van der Waals surface area contributed by atoms with Crippen LogP contribution in [0.4, 0.5) is 0 Å². The van der Waals surface area contributed by atoms with Crippen molar-refractivity contribution >= 4 is 17.7 Å². The second kappa shape index (κ2) is 8.53. The molecule has 1 N–H and O–H groups in total. The van der Waals surface area contributed by atoms with Crippen LogP contribution in [0.5, 0.6) is 0 Å². The van der Waals surface area contributed by atoms with Gasteiger partial charge in [-0.05, 0) is 48.7 Å². The molecule has 2 aromatic carbocycles. The SMILES string of the molecule is Cc1ccccc1SCC(=O)NCCc1ccc(-n2cccn2)cc1. The maximum atomic E-state index is 12.0.